The van der Waals surface area contributed by atoms with E-state index in [0.717, 1.165) is 16.7 Å². The molecule has 6 heteroatoms. The van der Waals surface area contributed by atoms with Crippen LogP contribution in [0.15, 0.2) is 53.1 Å². The Morgan fingerprint density at radius 1 is 0.926 bits per heavy atom. The SMILES string of the molecule is Cc1ccc(-c2noc(CS(=O)(=O)Cc3ccc(C(C)(C)C)cc3)n2)cc1. The number of aromatic nitrogens is 2. The maximum atomic E-state index is 12.5. The van der Waals surface area contributed by atoms with E-state index in [2.05, 4.69) is 30.9 Å². The van der Waals surface area contributed by atoms with E-state index in [4.69, 9.17) is 4.52 Å². The van der Waals surface area contributed by atoms with Gasteiger partial charge in [0, 0.05) is 5.56 Å². The average molecular weight is 385 g/mol. The van der Waals surface area contributed by atoms with E-state index in [0.29, 0.717) is 5.82 Å². The molecular weight excluding hydrogens is 360 g/mol. The lowest BCUT2D eigenvalue weighted by Crippen LogP contribution is -2.12. The molecule has 2 aromatic carbocycles. The minimum Gasteiger partial charge on any atom is -0.338 e. The molecule has 0 saturated heterocycles. The number of benzene rings is 2. The maximum Gasteiger partial charge on any atom is 0.242 e. The molecule has 5 nitrogen and oxygen atoms in total. The zero-order valence-electron chi connectivity index (χ0n) is 16.1. The molecule has 0 atom stereocenters. The van der Waals surface area contributed by atoms with Crippen LogP contribution in [0.25, 0.3) is 11.4 Å². The van der Waals surface area contributed by atoms with Crippen LogP contribution in [0.4, 0.5) is 0 Å². The third kappa shape index (κ3) is 5.04. The second kappa shape index (κ2) is 7.27. The van der Waals surface area contributed by atoms with Crippen molar-refractivity contribution in [3.63, 3.8) is 0 Å². The highest BCUT2D eigenvalue weighted by molar-refractivity contribution is 7.89. The molecule has 0 saturated carbocycles. The van der Waals surface area contributed by atoms with Crippen LogP contribution < -0.4 is 0 Å². The van der Waals surface area contributed by atoms with Crippen molar-refractivity contribution in [2.45, 2.75) is 44.6 Å². The van der Waals surface area contributed by atoms with Crippen molar-refractivity contribution in [2.75, 3.05) is 0 Å². The summed E-state index contributed by atoms with van der Waals surface area (Å²) >= 11 is 0. The molecule has 0 aliphatic carbocycles. The van der Waals surface area contributed by atoms with E-state index in [9.17, 15) is 8.42 Å². The molecule has 0 aliphatic heterocycles. The fourth-order valence-corrected chi connectivity index (χ4v) is 4.02. The first-order valence-electron chi connectivity index (χ1n) is 8.82. The van der Waals surface area contributed by atoms with Crippen molar-refractivity contribution in [1.82, 2.24) is 10.1 Å². The fourth-order valence-electron chi connectivity index (χ4n) is 2.73. The number of rotatable bonds is 5. The molecule has 1 heterocycles. The van der Waals surface area contributed by atoms with Crippen LogP contribution in [-0.4, -0.2) is 18.6 Å². The number of aryl methyl sites for hydroxylation is 1. The Kier molecular flexibility index (Phi) is 5.20. The Bertz CT molecular complexity index is 1010. The Hall–Kier alpha value is -2.47. The second-order valence-electron chi connectivity index (χ2n) is 7.86. The normalized spacial score (nSPS) is 12.3. The second-order valence-corrected chi connectivity index (χ2v) is 9.92. The summed E-state index contributed by atoms with van der Waals surface area (Å²) in [5.74, 6) is 0.179. The Morgan fingerprint density at radius 3 is 2.15 bits per heavy atom. The first-order valence-corrected chi connectivity index (χ1v) is 10.6. The van der Waals surface area contributed by atoms with Gasteiger partial charge in [0.1, 0.15) is 5.75 Å². The van der Waals surface area contributed by atoms with E-state index < -0.39 is 9.84 Å². The molecule has 3 aromatic rings. The highest BCUT2D eigenvalue weighted by Gasteiger charge is 2.19. The van der Waals surface area contributed by atoms with Gasteiger partial charge in [0.25, 0.3) is 0 Å². The van der Waals surface area contributed by atoms with Gasteiger partial charge in [-0.3, -0.25) is 0 Å². The molecule has 3 rings (SSSR count). The fraction of sp³-hybridized carbons (Fsp3) is 0.333. The third-order valence-electron chi connectivity index (χ3n) is 4.33. The Balaban J connectivity index is 1.70. The highest BCUT2D eigenvalue weighted by Crippen LogP contribution is 2.23. The predicted molar refractivity (Wildman–Crippen MR) is 106 cm³/mol. The monoisotopic (exact) mass is 384 g/mol. The van der Waals surface area contributed by atoms with Gasteiger partial charge >= 0.3 is 0 Å². The molecule has 0 fully saturated rings. The molecule has 0 bridgehead atoms. The van der Waals surface area contributed by atoms with E-state index >= 15 is 0 Å². The van der Waals surface area contributed by atoms with Crippen LogP contribution in [0, 0.1) is 6.92 Å². The maximum absolute atomic E-state index is 12.5. The number of nitrogens with zero attached hydrogens (tertiary/aromatic N) is 2. The standard InChI is InChI=1S/C21H24N2O3S/c1-15-5-9-17(10-6-15)20-22-19(26-23-20)14-27(24,25)13-16-7-11-18(12-8-16)21(2,3)4/h5-12H,13-14H2,1-4H3. The minimum atomic E-state index is -3.41. The highest BCUT2D eigenvalue weighted by atomic mass is 32.2. The van der Waals surface area contributed by atoms with Crippen molar-refractivity contribution in [3.8, 4) is 11.4 Å². The van der Waals surface area contributed by atoms with Gasteiger partial charge in [0.05, 0.1) is 5.75 Å². The van der Waals surface area contributed by atoms with Crippen molar-refractivity contribution in [3.05, 3.63) is 71.1 Å². The Morgan fingerprint density at radius 2 is 1.56 bits per heavy atom. The first-order chi connectivity index (χ1) is 12.6. The van der Waals surface area contributed by atoms with E-state index in [-0.39, 0.29) is 22.8 Å². The lowest BCUT2D eigenvalue weighted by Gasteiger charge is -2.19. The van der Waals surface area contributed by atoms with E-state index in [1.165, 1.54) is 5.56 Å². The third-order valence-corrected chi connectivity index (χ3v) is 5.79. The summed E-state index contributed by atoms with van der Waals surface area (Å²) in [5.41, 5.74) is 3.88. The van der Waals surface area contributed by atoms with Crippen LogP contribution in [0.5, 0.6) is 0 Å². The van der Waals surface area contributed by atoms with Crippen molar-refractivity contribution in [1.29, 1.82) is 0 Å². The molecule has 0 unspecified atom stereocenters. The summed E-state index contributed by atoms with van der Waals surface area (Å²) in [4.78, 5) is 4.23. The summed E-state index contributed by atoms with van der Waals surface area (Å²) in [6.45, 7) is 8.37. The Labute approximate surface area is 160 Å². The summed E-state index contributed by atoms with van der Waals surface area (Å²) in [6.07, 6.45) is 0. The molecule has 27 heavy (non-hydrogen) atoms. The van der Waals surface area contributed by atoms with Gasteiger partial charge in [-0.05, 0) is 23.5 Å². The van der Waals surface area contributed by atoms with Crippen molar-refractivity contribution in [2.24, 2.45) is 0 Å². The van der Waals surface area contributed by atoms with Gasteiger partial charge in [0.15, 0.2) is 9.84 Å². The lowest BCUT2D eigenvalue weighted by molar-refractivity contribution is 0.389. The molecule has 0 aliphatic rings. The summed E-state index contributed by atoms with van der Waals surface area (Å²) in [6, 6.07) is 15.4. The van der Waals surface area contributed by atoms with Crippen LogP contribution in [0.3, 0.4) is 0 Å². The van der Waals surface area contributed by atoms with Gasteiger partial charge in [-0.2, -0.15) is 4.98 Å². The van der Waals surface area contributed by atoms with Gasteiger partial charge in [-0.25, -0.2) is 8.42 Å². The molecule has 0 amide bonds. The van der Waals surface area contributed by atoms with E-state index in [1.54, 1.807) is 0 Å². The summed E-state index contributed by atoms with van der Waals surface area (Å²) in [5, 5.41) is 3.90. The average Bonchev–Trinajstić information content (AvgIpc) is 3.02. The molecule has 0 spiro atoms. The van der Waals surface area contributed by atoms with Gasteiger partial charge in [0.2, 0.25) is 11.7 Å². The van der Waals surface area contributed by atoms with Crippen LogP contribution in [0.1, 0.15) is 43.4 Å². The van der Waals surface area contributed by atoms with E-state index in [1.807, 2.05) is 55.5 Å². The molecule has 0 N–H and O–H groups in total. The number of sulfone groups is 1. The lowest BCUT2D eigenvalue weighted by atomic mass is 9.87. The van der Waals surface area contributed by atoms with Crippen LogP contribution in [0.2, 0.25) is 0 Å². The smallest absolute Gasteiger partial charge is 0.242 e. The number of hydrogen-bond acceptors (Lipinski definition) is 5. The number of hydrogen-bond donors (Lipinski definition) is 0. The molecule has 142 valence electrons. The minimum absolute atomic E-state index is 0.0353. The van der Waals surface area contributed by atoms with Crippen LogP contribution in [-0.2, 0) is 26.8 Å². The largest absolute Gasteiger partial charge is 0.338 e. The molecule has 0 radical (unpaired) electrons. The quantitative estimate of drug-likeness (QED) is 0.649. The zero-order chi connectivity index (χ0) is 19.7. The zero-order valence-corrected chi connectivity index (χ0v) is 16.9. The van der Waals surface area contributed by atoms with Crippen molar-refractivity contribution >= 4 is 9.84 Å². The predicted octanol–water partition coefficient (Wildman–Crippen LogP) is 4.46. The topological polar surface area (TPSA) is 73.1 Å². The van der Waals surface area contributed by atoms with Gasteiger partial charge in [-0.1, -0.05) is 80.0 Å². The van der Waals surface area contributed by atoms with Gasteiger partial charge in [-0.15, -0.1) is 0 Å². The van der Waals surface area contributed by atoms with Crippen molar-refractivity contribution < 1.29 is 12.9 Å². The molecular formula is C21H24N2O3S. The molecule has 1 aromatic heterocycles. The van der Waals surface area contributed by atoms with Crippen LogP contribution >= 0.6 is 0 Å². The summed E-state index contributed by atoms with van der Waals surface area (Å²) < 4.78 is 30.2. The summed E-state index contributed by atoms with van der Waals surface area (Å²) in [7, 11) is -3.41. The van der Waals surface area contributed by atoms with Gasteiger partial charge < -0.3 is 4.52 Å². The first kappa shape index (κ1) is 19.3.